The highest BCUT2D eigenvalue weighted by atomic mass is 32.1. The van der Waals surface area contributed by atoms with Gasteiger partial charge in [-0.2, -0.15) is 0 Å². The van der Waals surface area contributed by atoms with E-state index in [-0.39, 0.29) is 11.8 Å². The second-order valence-electron chi connectivity index (χ2n) is 6.54. The largest absolute Gasteiger partial charge is 0.378 e. The zero-order valence-corrected chi connectivity index (χ0v) is 14.6. The molecular formula is C19H22N2O2S. The minimum atomic E-state index is 0.120. The van der Waals surface area contributed by atoms with Crippen LogP contribution in [-0.4, -0.2) is 32.2 Å². The van der Waals surface area contributed by atoms with Crippen LogP contribution in [0.15, 0.2) is 36.4 Å². The van der Waals surface area contributed by atoms with Gasteiger partial charge in [0.25, 0.3) is 0 Å². The summed E-state index contributed by atoms with van der Waals surface area (Å²) in [7, 11) is 0. The fourth-order valence-electron chi connectivity index (χ4n) is 3.29. The number of carbonyl (C=O) groups excluding carboxylic acids is 1. The number of nitrogens with zero attached hydrogens (tertiary/aromatic N) is 1. The monoisotopic (exact) mass is 342 g/mol. The van der Waals surface area contributed by atoms with Gasteiger partial charge in [-0.3, -0.25) is 4.79 Å². The Balaban J connectivity index is 1.39. The molecule has 1 amide bonds. The number of hydrogen-bond acceptors (Lipinski definition) is 4. The van der Waals surface area contributed by atoms with Crippen molar-refractivity contribution in [3.8, 4) is 0 Å². The molecule has 2 aromatic rings. The SMILES string of the molecule is Cc1ccc(C2CC2C(=O)Nc2cccc(N3CCOCC3)c2)s1. The van der Waals surface area contributed by atoms with Crippen LogP contribution in [0, 0.1) is 12.8 Å². The van der Waals surface area contributed by atoms with E-state index in [2.05, 4.69) is 41.4 Å². The standard InChI is InChI=1S/C19H22N2O2S/c1-13-5-6-18(24-13)16-12-17(16)19(22)20-14-3-2-4-15(11-14)21-7-9-23-10-8-21/h2-6,11,16-17H,7-10,12H2,1H3,(H,20,22). The highest BCUT2D eigenvalue weighted by Crippen LogP contribution is 2.50. The van der Waals surface area contributed by atoms with E-state index >= 15 is 0 Å². The third-order valence-corrected chi connectivity index (χ3v) is 5.88. The number of hydrogen-bond donors (Lipinski definition) is 1. The first kappa shape index (κ1) is 15.7. The lowest BCUT2D eigenvalue weighted by atomic mass is 10.2. The normalized spacial score (nSPS) is 23.1. The predicted octanol–water partition coefficient (Wildman–Crippen LogP) is 3.64. The Morgan fingerprint density at radius 1 is 1.25 bits per heavy atom. The number of morpholine rings is 1. The molecule has 2 heterocycles. The van der Waals surface area contributed by atoms with E-state index in [1.54, 1.807) is 0 Å². The van der Waals surface area contributed by atoms with Gasteiger partial charge in [-0.25, -0.2) is 0 Å². The van der Waals surface area contributed by atoms with Gasteiger partial charge in [0.15, 0.2) is 0 Å². The van der Waals surface area contributed by atoms with Crippen LogP contribution in [0.3, 0.4) is 0 Å². The van der Waals surface area contributed by atoms with Gasteiger partial charge in [0.2, 0.25) is 5.91 Å². The van der Waals surface area contributed by atoms with Crippen LogP contribution in [0.1, 0.15) is 22.1 Å². The van der Waals surface area contributed by atoms with Crippen LogP contribution in [0.2, 0.25) is 0 Å². The van der Waals surface area contributed by atoms with E-state index in [4.69, 9.17) is 4.74 Å². The number of nitrogens with one attached hydrogen (secondary N) is 1. The molecule has 1 saturated carbocycles. The van der Waals surface area contributed by atoms with Crippen molar-refractivity contribution in [2.24, 2.45) is 5.92 Å². The van der Waals surface area contributed by atoms with Crippen molar-refractivity contribution in [3.63, 3.8) is 0 Å². The Kier molecular flexibility index (Phi) is 4.29. The van der Waals surface area contributed by atoms with E-state index < -0.39 is 0 Å². The number of amides is 1. The maximum absolute atomic E-state index is 12.5. The summed E-state index contributed by atoms with van der Waals surface area (Å²) in [5, 5.41) is 3.10. The molecule has 1 aliphatic carbocycles. The van der Waals surface area contributed by atoms with Gasteiger partial charge < -0.3 is 15.0 Å². The number of rotatable bonds is 4. The summed E-state index contributed by atoms with van der Waals surface area (Å²) in [5.74, 6) is 0.673. The Labute approximate surface area is 146 Å². The van der Waals surface area contributed by atoms with Crippen LogP contribution >= 0.6 is 11.3 Å². The molecule has 1 N–H and O–H groups in total. The maximum Gasteiger partial charge on any atom is 0.228 e. The van der Waals surface area contributed by atoms with Crippen LogP contribution in [0.25, 0.3) is 0 Å². The minimum absolute atomic E-state index is 0.120. The molecule has 126 valence electrons. The van der Waals surface area contributed by atoms with E-state index in [1.807, 2.05) is 23.5 Å². The first-order valence-corrected chi connectivity index (χ1v) is 9.32. The van der Waals surface area contributed by atoms with E-state index in [0.717, 1.165) is 44.1 Å². The van der Waals surface area contributed by atoms with Crippen LogP contribution < -0.4 is 10.2 Å². The molecule has 2 aliphatic rings. The van der Waals surface area contributed by atoms with Gasteiger partial charge >= 0.3 is 0 Å². The smallest absolute Gasteiger partial charge is 0.228 e. The van der Waals surface area contributed by atoms with E-state index in [1.165, 1.54) is 9.75 Å². The molecule has 2 fully saturated rings. The summed E-state index contributed by atoms with van der Waals surface area (Å²) in [6, 6.07) is 12.4. The summed E-state index contributed by atoms with van der Waals surface area (Å²) < 4.78 is 5.40. The highest BCUT2D eigenvalue weighted by molar-refractivity contribution is 7.12. The minimum Gasteiger partial charge on any atom is -0.378 e. The van der Waals surface area contributed by atoms with E-state index in [9.17, 15) is 4.79 Å². The zero-order chi connectivity index (χ0) is 16.5. The molecule has 1 saturated heterocycles. The number of ether oxygens (including phenoxy) is 1. The van der Waals surface area contributed by atoms with Crippen molar-refractivity contribution in [1.82, 2.24) is 0 Å². The Hall–Kier alpha value is -1.85. The van der Waals surface area contributed by atoms with Gasteiger partial charge in [-0.1, -0.05) is 6.07 Å². The van der Waals surface area contributed by atoms with Gasteiger partial charge in [-0.15, -0.1) is 11.3 Å². The second kappa shape index (κ2) is 6.57. The molecule has 5 heteroatoms. The summed E-state index contributed by atoms with van der Waals surface area (Å²) in [6.45, 7) is 5.45. The Bertz CT molecular complexity index is 736. The molecular weight excluding hydrogens is 320 g/mol. The molecule has 1 aromatic heterocycles. The summed E-state index contributed by atoms with van der Waals surface area (Å²) in [4.78, 5) is 17.5. The summed E-state index contributed by atoms with van der Waals surface area (Å²) in [5.41, 5.74) is 2.04. The lowest BCUT2D eigenvalue weighted by molar-refractivity contribution is -0.117. The molecule has 1 aliphatic heterocycles. The lowest BCUT2D eigenvalue weighted by Crippen LogP contribution is -2.36. The Morgan fingerprint density at radius 2 is 2.08 bits per heavy atom. The molecule has 0 spiro atoms. The van der Waals surface area contributed by atoms with Crippen molar-refractivity contribution in [3.05, 3.63) is 46.2 Å². The average Bonchev–Trinajstić information content (AvgIpc) is 3.30. The quantitative estimate of drug-likeness (QED) is 0.922. The number of thiophene rings is 1. The molecule has 0 radical (unpaired) electrons. The third kappa shape index (κ3) is 3.32. The molecule has 24 heavy (non-hydrogen) atoms. The maximum atomic E-state index is 12.5. The van der Waals surface area contributed by atoms with Crippen LogP contribution in [0.4, 0.5) is 11.4 Å². The summed E-state index contributed by atoms with van der Waals surface area (Å²) in [6.07, 6.45) is 0.967. The topological polar surface area (TPSA) is 41.6 Å². The molecule has 1 aromatic carbocycles. The summed E-state index contributed by atoms with van der Waals surface area (Å²) >= 11 is 1.81. The fourth-order valence-corrected chi connectivity index (χ4v) is 4.34. The lowest BCUT2D eigenvalue weighted by Gasteiger charge is -2.29. The van der Waals surface area contributed by atoms with Crippen molar-refractivity contribution < 1.29 is 9.53 Å². The molecule has 0 bridgehead atoms. The number of anilines is 2. The third-order valence-electron chi connectivity index (χ3n) is 4.74. The highest BCUT2D eigenvalue weighted by Gasteiger charge is 2.44. The molecule has 2 atom stereocenters. The van der Waals surface area contributed by atoms with Crippen molar-refractivity contribution in [2.75, 3.05) is 36.5 Å². The van der Waals surface area contributed by atoms with Crippen molar-refractivity contribution >= 4 is 28.6 Å². The van der Waals surface area contributed by atoms with Gasteiger partial charge in [0.1, 0.15) is 0 Å². The number of aryl methyl sites for hydroxylation is 1. The number of benzene rings is 1. The van der Waals surface area contributed by atoms with Crippen LogP contribution in [-0.2, 0) is 9.53 Å². The average molecular weight is 342 g/mol. The first-order valence-electron chi connectivity index (χ1n) is 8.51. The molecule has 4 rings (SSSR count). The van der Waals surface area contributed by atoms with Crippen molar-refractivity contribution in [2.45, 2.75) is 19.3 Å². The van der Waals surface area contributed by atoms with Gasteiger partial charge in [0, 0.05) is 46.1 Å². The second-order valence-corrected chi connectivity index (χ2v) is 7.86. The molecule has 4 nitrogen and oxygen atoms in total. The van der Waals surface area contributed by atoms with Gasteiger partial charge in [-0.05, 0) is 43.7 Å². The van der Waals surface area contributed by atoms with Crippen LogP contribution in [0.5, 0.6) is 0 Å². The predicted molar refractivity (Wildman–Crippen MR) is 98.0 cm³/mol. The van der Waals surface area contributed by atoms with E-state index in [0.29, 0.717) is 5.92 Å². The molecule has 2 unspecified atom stereocenters. The fraction of sp³-hybridized carbons (Fsp3) is 0.421. The van der Waals surface area contributed by atoms with Crippen molar-refractivity contribution in [1.29, 1.82) is 0 Å². The first-order chi connectivity index (χ1) is 11.7. The zero-order valence-electron chi connectivity index (χ0n) is 13.8. The number of carbonyl (C=O) groups is 1. The van der Waals surface area contributed by atoms with Gasteiger partial charge in [0.05, 0.1) is 13.2 Å². The Morgan fingerprint density at radius 3 is 2.83 bits per heavy atom.